The summed E-state index contributed by atoms with van der Waals surface area (Å²) in [5.74, 6) is 1.65. The number of hydrogen-bond acceptors (Lipinski definition) is 7. The Labute approximate surface area is 133 Å². The van der Waals surface area contributed by atoms with Crippen molar-refractivity contribution >= 4 is 12.1 Å². The number of aromatic nitrogens is 1. The summed E-state index contributed by atoms with van der Waals surface area (Å²) in [4.78, 5) is 11.8. The highest BCUT2D eigenvalue weighted by Crippen LogP contribution is 2.33. The van der Waals surface area contributed by atoms with E-state index in [0.29, 0.717) is 28.6 Å². The molecule has 2 aromatic rings. The van der Waals surface area contributed by atoms with E-state index in [1.54, 1.807) is 19.1 Å². The largest absolute Gasteiger partial charge is 0.496 e. The number of aryl methyl sites for hydroxylation is 1. The number of rotatable bonds is 6. The molecule has 8 heteroatoms. The first-order chi connectivity index (χ1) is 11.1. The van der Waals surface area contributed by atoms with Gasteiger partial charge in [-0.3, -0.25) is 4.79 Å². The molecule has 0 atom stereocenters. The Morgan fingerprint density at radius 2 is 1.78 bits per heavy atom. The number of benzene rings is 1. The minimum atomic E-state index is -0.474. The van der Waals surface area contributed by atoms with Crippen molar-refractivity contribution in [1.82, 2.24) is 10.6 Å². The maximum Gasteiger partial charge on any atom is 0.293 e. The average Bonchev–Trinajstić information content (AvgIpc) is 3.00. The quantitative estimate of drug-likeness (QED) is 0.644. The lowest BCUT2D eigenvalue weighted by molar-refractivity contribution is 0.0946. The fourth-order valence-corrected chi connectivity index (χ4v) is 1.84. The number of amides is 1. The average molecular weight is 319 g/mol. The molecule has 1 N–H and O–H groups in total. The molecule has 0 aliphatic rings. The zero-order chi connectivity index (χ0) is 16.8. The van der Waals surface area contributed by atoms with Crippen LogP contribution in [-0.2, 0) is 0 Å². The van der Waals surface area contributed by atoms with Gasteiger partial charge in [0.05, 0.1) is 27.5 Å². The number of hydrogen-bond donors (Lipinski definition) is 1. The molecule has 0 unspecified atom stereocenters. The Hall–Kier alpha value is -3.03. The van der Waals surface area contributed by atoms with Crippen LogP contribution in [-0.4, -0.2) is 38.6 Å². The van der Waals surface area contributed by atoms with Crippen LogP contribution in [0.3, 0.4) is 0 Å². The number of nitrogens with one attached hydrogen (secondary N) is 1. The normalized spacial score (nSPS) is 10.6. The SMILES string of the molecule is COc1cc(OC)c(OC)cc1/C=N\NC(=O)c1cc(C)on1. The minimum Gasteiger partial charge on any atom is -0.496 e. The lowest BCUT2D eigenvalue weighted by Crippen LogP contribution is -2.17. The molecule has 1 amide bonds. The van der Waals surface area contributed by atoms with Gasteiger partial charge >= 0.3 is 0 Å². The number of hydrazone groups is 1. The Morgan fingerprint density at radius 3 is 2.35 bits per heavy atom. The third-order valence-corrected chi connectivity index (χ3v) is 2.97. The van der Waals surface area contributed by atoms with E-state index in [2.05, 4.69) is 15.7 Å². The molecule has 1 aromatic carbocycles. The van der Waals surface area contributed by atoms with Gasteiger partial charge in [-0.2, -0.15) is 5.10 Å². The van der Waals surface area contributed by atoms with Gasteiger partial charge in [0.25, 0.3) is 5.91 Å². The second-order valence-corrected chi connectivity index (χ2v) is 4.47. The third-order valence-electron chi connectivity index (χ3n) is 2.97. The summed E-state index contributed by atoms with van der Waals surface area (Å²) in [5, 5.41) is 7.49. The van der Waals surface area contributed by atoms with Gasteiger partial charge in [-0.05, 0) is 13.0 Å². The second-order valence-electron chi connectivity index (χ2n) is 4.47. The predicted octanol–water partition coefficient (Wildman–Crippen LogP) is 1.77. The molecule has 1 heterocycles. The van der Waals surface area contributed by atoms with E-state index in [4.69, 9.17) is 18.7 Å². The van der Waals surface area contributed by atoms with Crippen LogP contribution >= 0.6 is 0 Å². The van der Waals surface area contributed by atoms with Crippen molar-refractivity contribution in [3.63, 3.8) is 0 Å². The van der Waals surface area contributed by atoms with Crippen LogP contribution in [0.1, 0.15) is 21.8 Å². The summed E-state index contributed by atoms with van der Waals surface area (Å²) < 4.78 is 20.5. The van der Waals surface area contributed by atoms with Crippen LogP contribution in [0.5, 0.6) is 17.2 Å². The van der Waals surface area contributed by atoms with E-state index in [1.165, 1.54) is 33.6 Å². The number of nitrogens with zero attached hydrogens (tertiary/aromatic N) is 2. The van der Waals surface area contributed by atoms with Gasteiger partial charge in [0.15, 0.2) is 17.2 Å². The van der Waals surface area contributed by atoms with Crippen molar-refractivity contribution in [2.24, 2.45) is 5.10 Å². The van der Waals surface area contributed by atoms with Gasteiger partial charge in [0, 0.05) is 17.7 Å². The summed E-state index contributed by atoms with van der Waals surface area (Å²) in [6, 6.07) is 4.87. The molecule has 0 radical (unpaired) electrons. The zero-order valence-corrected chi connectivity index (χ0v) is 13.2. The van der Waals surface area contributed by atoms with Crippen molar-refractivity contribution in [1.29, 1.82) is 0 Å². The van der Waals surface area contributed by atoms with Crippen LogP contribution in [0, 0.1) is 6.92 Å². The van der Waals surface area contributed by atoms with Crippen LogP contribution in [0.2, 0.25) is 0 Å². The van der Waals surface area contributed by atoms with E-state index in [9.17, 15) is 4.79 Å². The number of carbonyl (C=O) groups is 1. The first-order valence-electron chi connectivity index (χ1n) is 6.65. The molecule has 2 rings (SSSR count). The highest BCUT2D eigenvalue weighted by Gasteiger charge is 2.12. The van der Waals surface area contributed by atoms with Crippen molar-refractivity contribution < 1.29 is 23.5 Å². The van der Waals surface area contributed by atoms with Crippen molar-refractivity contribution in [3.05, 3.63) is 35.2 Å². The maximum atomic E-state index is 11.8. The van der Waals surface area contributed by atoms with Crippen LogP contribution in [0.4, 0.5) is 0 Å². The van der Waals surface area contributed by atoms with E-state index in [1.807, 2.05) is 0 Å². The molecule has 0 aliphatic heterocycles. The lowest BCUT2D eigenvalue weighted by atomic mass is 10.2. The third kappa shape index (κ3) is 3.79. The van der Waals surface area contributed by atoms with Crippen LogP contribution < -0.4 is 19.6 Å². The summed E-state index contributed by atoms with van der Waals surface area (Å²) in [6.07, 6.45) is 1.44. The van der Waals surface area contributed by atoms with Crippen molar-refractivity contribution in [2.45, 2.75) is 6.92 Å². The fourth-order valence-electron chi connectivity index (χ4n) is 1.84. The Balaban J connectivity index is 2.16. The molecule has 122 valence electrons. The van der Waals surface area contributed by atoms with E-state index >= 15 is 0 Å². The Kier molecular flexibility index (Phi) is 5.19. The van der Waals surface area contributed by atoms with Crippen molar-refractivity contribution in [3.8, 4) is 17.2 Å². The Bertz CT molecular complexity index is 724. The maximum absolute atomic E-state index is 11.8. The van der Waals surface area contributed by atoms with E-state index < -0.39 is 5.91 Å². The highest BCUT2D eigenvalue weighted by molar-refractivity contribution is 5.93. The van der Waals surface area contributed by atoms with Gasteiger partial charge in [-0.15, -0.1) is 0 Å². The molecule has 0 saturated carbocycles. The van der Waals surface area contributed by atoms with Gasteiger partial charge in [0.1, 0.15) is 11.5 Å². The topological polar surface area (TPSA) is 95.2 Å². The van der Waals surface area contributed by atoms with Gasteiger partial charge in [-0.25, -0.2) is 5.43 Å². The van der Waals surface area contributed by atoms with Crippen molar-refractivity contribution in [2.75, 3.05) is 21.3 Å². The fraction of sp³-hybridized carbons (Fsp3) is 0.267. The molecule has 0 fully saturated rings. The number of carbonyl (C=O) groups excluding carboxylic acids is 1. The lowest BCUT2D eigenvalue weighted by Gasteiger charge is -2.11. The van der Waals surface area contributed by atoms with Gasteiger partial charge in [0.2, 0.25) is 0 Å². The molecular weight excluding hydrogens is 302 g/mol. The van der Waals surface area contributed by atoms with E-state index in [0.717, 1.165) is 0 Å². The molecule has 8 nitrogen and oxygen atoms in total. The summed E-state index contributed by atoms with van der Waals surface area (Å²) in [7, 11) is 4.58. The molecule has 0 saturated heterocycles. The van der Waals surface area contributed by atoms with Crippen LogP contribution in [0.15, 0.2) is 27.8 Å². The predicted molar refractivity (Wildman–Crippen MR) is 82.4 cm³/mol. The first-order valence-corrected chi connectivity index (χ1v) is 6.65. The summed E-state index contributed by atoms with van der Waals surface area (Å²) in [6.45, 7) is 1.70. The first kappa shape index (κ1) is 16.3. The summed E-state index contributed by atoms with van der Waals surface area (Å²) in [5.41, 5.74) is 3.12. The zero-order valence-electron chi connectivity index (χ0n) is 13.2. The second kappa shape index (κ2) is 7.30. The smallest absolute Gasteiger partial charge is 0.293 e. The molecule has 0 bridgehead atoms. The monoisotopic (exact) mass is 319 g/mol. The molecule has 23 heavy (non-hydrogen) atoms. The number of methoxy groups -OCH3 is 3. The van der Waals surface area contributed by atoms with Gasteiger partial charge < -0.3 is 18.7 Å². The molecule has 1 aromatic heterocycles. The molecular formula is C15H17N3O5. The number of ether oxygens (including phenoxy) is 3. The highest BCUT2D eigenvalue weighted by atomic mass is 16.5. The van der Waals surface area contributed by atoms with E-state index in [-0.39, 0.29) is 5.69 Å². The van der Waals surface area contributed by atoms with Crippen LogP contribution in [0.25, 0.3) is 0 Å². The molecule has 0 aliphatic carbocycles. The summed E-state index contributed by atoms with van der Waals surface area (Å²) >= 11 is 0. The van der Waals surface area contributed by atoms with Gasteiger partial charge in [-0.1, -0.05) is 5.16 Å². The Morgan fingerprint density at radius 1 is 1.13 bits per heavy atom. The minimum absolute atomic E-state index is 0.152. The molecule has 0 spiro atoms. The standard InChI is InChI=1S/C15H17N3O5/c1-9-5-11(18-23-9)15(19)17-16-8-10-6-13(21-3)14(22-4)7-12(10)20-2/h5-8H,1-4H3,(H,17,19)/b16-8-.